The Morgan fingerprint density at radius 1 is 1.29 bits per heavy atom. The Labute approximate surface area is 167 Å². The first-order chi connectivity index (χ1) is 13.1. The van der Waals surface area contributed by atoms with Crippen LogP contribution < -0.4 is 10.6 Å². The van der Waals surface area contributed by atoms with E-state index in [4.69, 9.17) is 11.6 Å². The number of H-pyrrole nitrogens is 1. The molecule has 0 radical (unpaired) electrons. The lowest BCUT2D eigenvalue weighted by molar-refractivity contribution is -0.119. The van der Waals surface area contributed by atoms with Crippen LogP contribution in [0.3, 0.4) is 0 Å². The van der Waals surface area contributed by atoms with Crippen LogP contribution in [-0.2, 0) is 15.0 Å². The third-order valence-corrected chi connectivity index (χ3v) is 4.48. The summed E-state index contributed by atoms with van der Waals surface area (Å²) in [4.78, 5) is 27.4. The second-order valence-electron chi connectivity index (χ2n) is 7.58. The van der Waals surface area contributed by atoms with Gasteiger partial charge in [0.1, 0.15) is 5.02 Å². The number of fused-ring (bicyclic) bond motifs is 1. The minimum atomic E-state index is -0.186. The summed E-state index contributed by atoms with van der Waals surface area (Å²) in [5, 5.41) is 13.6. The predicted molar refractivity (Wildman–Crippen MR) is 108 cm³/mol. The highest BCUT2D eigenvalue weighted by Gasteiger charge is 2.24. The number of halogens is 1. The zero-order valence-corrected chi connectivity index (χ0v) is 17.0. The number of benzene rings is 1. The summed E-state index contributed by atoms with van der Waals surface area (Å²) >= 11 is 6.47. The minimum absolute atomic E-state index is 0.152. The molecule has 28 heavy (non-hydrogen) atoms. The molecule has 0 aliphatic rings. The smallest absolute Gasteiger partial charge is 0.226 e. The van der Waals surface area contributed by atoms with Crippen molar-refractivity contribution in [1.29, 1.82) is 0 Å². The van der Waals surface area contributed by atoms with Crippen LogP contribution in [0.2, 0.25) is 5.02 Å². The van der Waals surface area contributed by atoms with Crippen molar-refractivity contribution in [3.05, 3.63) is 35.0 Å². The Balaban J connectivity index is 1.78. The Bertz CT molecular complexity index is 1030. The fourth-order valence-electron chi connectivity index (χ4n) is 2.73. The number of nitrogens with one attached hydrogen (secondary N) is 3. The normalized spacial score (nSPS) is 11.6. The third kappa shape index (κ3) is 4.33. The molecule has 1 aromatic carbocycles. The Morgan fingerprint density at radius 3 is 2.68 bits per heavy atom. The maximum atomic E-state index is 12.0. The number of carbonyl (C=O) groups is 2. The van der Waals surface area contributed by atoms with Gasteiger partial charge in [-0.1, -0.05) is 44.5 Å². The summed E-state index contributed by atoms with van der Waals surface area (Å²) in [5.74, 6) is 0.154. The van der Waals surface area contributed by atoms with Gasteiger partial charge in [0.25, 0.3) is 0 Å². The lowest BCUT2D eigenvalue weighted by atomic mass is 9.92. The first kappa shape index (κ1) is 19.9. The monoisotopic (exact) mass is 402 g/mol. The van der Waals surface area contributed by atoms with Crippen LogP contribution >= 0.6 is 11.6 Å². The number of carbonyl (C=O) groups excluding carboxylic acids is 2. The molecule has 0 unspecified atom stereocenters. The summed E-state index contributed by atoms with van der Waals surface area (Å²) in [6.45, 7) is 7.88. The zero-order chi connectivity index (χ0) is 20.5. The number of rotatable bonds is 5. The maximum absolute atomic E-state index is 12.0. The molecule has 148 valence electrons. The third-order valence-electron chi connectivity index (χ3n) is 4.12. The first-order valence-electron chi connectivity index (χ1n) is 8.94. The highest BCUT2D eigenvalue weighted by atomic mass is 35.5. The molecule has 3 rings (SSSR count). The van der Waals surface area contributed by atoms with Gasteiger partial charge in [-0.15, -0.1) is 5.10 Å². The Kier molecular flexibility index (Phi) is 5.42. The number of aromatic amines is 1. The Morgan fingerprint density at radius 2 is 2.04 bits per heavy atom. The van der Waals surface area contributed by atoms with Gasteiger partial charge in [0.2, 0.25) is 11.8 Å². The van der Waals surface area contributed by atoms with E-state index in [9.17, 15) is 9.59 Å². The summed E-state index contributed by atoms with van der Waals surface area (Å²) in [6, 6.07) is 7.26. The lowest BCUT2D eigenvalue weighted by Crippen LogP contribution is -2.25. The molecule has 0 aliphatic heterocycles. The van der Waals surface area contributed by atoms with E-state index in [2.05, 4.69) is 46.6 Å². The number of hydrogen-bond donors (Lipinski definition) is 3. The van der Waals surface area contributed by atoms with Crippen LogP contribution in [-0.4, -0.2) is 38.2 Å². The van der Waals surface area contributed by atoms with E-state index in [0.717, 1.165) is 11.3 Å². The van der Waals surface area contributed by atoms with Crippen molar-refractivity contribution in [3.8, 4) is 11.4 Å². The minimum Gasteiger partial charge on any atom is -0.356 e. The summed E-state index contributed by atoms with van der Waals surface area (Å²) in [5.41, 5.74) is 2.67. The van der Waals surface area contributed by atoms with Gasteiger partial charge in [-0.25, -0.2) is 4.98 Å². The molecule has 0 fully saturated rings. The summed E-state index contributed by atoms with van der Waals surface area (Å²) in [6.07, 6.45) is 0.195. The van der Waals surface area contributed by atoms with E-state index in [1.54, 1.807) is 16.8 Å². The molecular weight excluding hydrogens is 380 g/mol. The van der Waals surface area contributed by atoms with Crippen LogP contribution in [0.1, 0.15) is 39.8 Å². The van der Waals surface area contributed by atoms with Gasteiger partial charge < -0.3 is 10.6 Å². The highest BCUT2D eigenvalue weighted by molar-refractivity contribution is 6.34. The van der Waals surface area contributed by atoms with E-state index in [0.29, 0.717) is 28.7 Å². The quantitative estimate of drug-likeness (QED) is 0.609. The summed E-state index contributed by atoms with van der Waals surface area (Å²) in [7, 11) is 0. The molecule has 2 aromatic heterocycles. The fraction of sp³-hybridized carbons (Fsp3) is 0.368. The van der Waals surface area contributed by atoms with Crippen molar-refractivity contribution in [2.75, 3.05) is 11.9 Å². The molecule has 0 spiro atoms. The van der Waals surface area contributed by atoms with Crippen LogP contribution in [0.25, 0.3) is 17.0 Å². The molecule has 3 aromatic rings. The van der Waals surface area contributed by atoms with Gasteiger partial charge >= 0.3 is 0 Å². The topological polar surface area (TPSA) is 104 Å². The van der Waals surface area contributed by atoms with Gasteiger partial charge in [-0.05, 0) is 12.1 Å². The van der Waals surface area contributed by atoms with Crippen LogP contribution in [0.5, 0.6) is 0 Å². The van der Waals surface area contributed by atoms with Gasteiger partial charge in [-0.2, -0.15) is 4.63 Å². The van der Waals surface area contributed by atoms with Gasteiger partial charge in [0.05, 0.1) is 5.69 Å². The molecule has 0 saturated carbocycles. The molecule has 2 amide bonds. The van der Waals surface area contributed by atoms with E-state index in [-0.39, 0.29) is 23.7 Å². The van der Waals surface area contributed by atoms with Gasteiger partial charge in [0.15, 0.2) is 11.5 Å². The average molecular weight is 403 g/mol. The molecule has 0 atom stereocenters. The van der Waals surface area contributed by atoms with Gasteiger partial charge in [-0.3, -0.25) is 14.7 Å². The number of amides is 2. The second-order valence-corrected chi connectivity index (χ2v) is 7.96. The maximum Gasteiger partial charge on any atom is 0.226 e. The molecule has 8 nitrogen and oxygen atoms in total. The lowest BCUT2D eigenvalue weighted by Gasteiger charge is -2.16. The molecule has 0 aliphatic carbocycles. The SMILES string of the molecule is CC(=O)NCCC(=O)Nc1cccc(-c2nc3c(Cl)c(C(C)(C)C)[nH]n3n2)c1. The second kappa shape index (κ2) is 7.63. The molecule has 3 N–H and O–H groups in total. The number of anilines is 1. The Hall–Kier alpha value is -2.87. The highest BCUT2D eigenvalue weighted by Crippen LogP contribution is 2.32. The number of nitrogens with zero attached hydrogens (tertiary/aromatic N) is 3. The van der Waals surface area contributed by atoms with Crippen molar-refractivity contribution in [2.45, 2.75) is 39.5 Å². The van der Waals surface area contributed by atoms with Crippen molar-refractivity contribution in [1.82, 2.24) is 25.1 Å². The molecule has 9 heteroatoms. The van der Waals surface area contributed by atoms with Crippen LogP contribution in [0.4, 0.5) is 5.69 Å². The van der Waals surface area contributed by atoms with Gasteiger partial charge in [0, 0.05) is 36.6 Å². The van der Waals surface area contributed by atoms with E-state index >= 15 is 0 Å². The molecule has 0 bridgehead atoms. The summed E-state index contributed by atoms with van der Waals surface area (Å²) < 4.78 is 1.57. The van der Waals surface area contributed by atoms with E-state index in [1.165, 1.54) is 6.92 Å². The van der Waals surface area contributed by atoms with Crippen molar-refractivity contribution < 1.29 is 9.59 Å². The van der Waals surface area contributed by atoms with Crippen molar-refractivity contribution >= 4 is 34.7 Å². The molecule has 2 heterocycles. The van der Waals surface area contributed by atoms with Crippen molar-refractivity contribution in [3.63, 3.8) is 0 Å². The zero-order valence-electron chi connectivity index (χ0n) is 16.3. The van der Waals surface area contributed by atoms with Crippen molar-refractivity contribution in [2.24, 2.45) is 0 Å². The first-order valence-corrected chi connectivity index (χ1v) is 9.32. The average Bonchev–Trinajstić information content (AvgIpc) is 3.14. The number of aromatic nitrogens is 4. The molecular formula is C19H23ClN6O2. The largest absolute Gasteiger partial charge is 0.356 e. The van der Waals surface area contributed by atoms with E-state index in [1.807, 2.05) is 12.1 Å². The molecule has 0 saturated heterocycles. The van der Waals surface area contributed by atoms with Crippen LogP contribution in [0, 0.1) is 0 Å². The van der Waals surface area contributed by atoms with Crippen LogP contribution in [0.15, 0.2) is 24.3 Å². The number of hydrogen-bond acceptors (Lipinski definition) is 4. The van der Waals surface area contributed by atoms with E-state index < -0.39 is 0 Å². The predicted octanol–water partition coefficient (Wildman–Crippen LogP) is 3.14. The standard InChI is InChI=1S/C19H23ClN6O2/c1-11(27)21-9-8-14(28)22-13-7-5-6-12(10-13)17-23-18-15(20)16(19(2,3)4)24-26(18)25-17/h5-7,10,24H,8-9H2,1-4H3,(H,21,27)(H,22,28). The fourth-order valence-corrected chi connectivity index (χ4v) is 3.18.